The number of para-hydroxylation sites is 1. The SMILES string of the molecule is COC(=O)C1[C@H](C(=O)O)C(C(=O)N(Cc2ccccc2)Cc2ccc(Oc3ccccc3)cc2)[C@H]1C(=O)O. The standard InChI is InChI=1S/C29H27NO8/c1-37-29(36)25-23(27(32)33)22(24(25)28(34)35)26(31)30(16-18-8-4-2-5-9-18)17-19-12-14-21(15-13-19)38-20-10-6-3-7-11-20/h2-15,22-25H,16-17H2,1H3,(H,32,33)(H,34,35)/t22?,23-,24-,25?/m1/s1. The molecule has 1 fully saturated rings. The first-order valence-corrected chi connectivity index (χ1v) is 12.0. The maximum atomic E-state index is 13.8. The molecule has 1 aliphatic rings. The Balaban J connectivity index is 1.60. The van der Waals surface area contributed by atoms with Crippen LogP contribution in [0.3, 0.4) is 0 Å². The number of amides is 1. The number of hydrogen-bond acceptors (Lipinski definition) is 6. The predicted octanol–water partition coefficient (Wildman–Crippen LogP) is 3.83. The third kappa shape index (κ3) is 5.67. The van der Waals surface area contributed by atoms with Crippen molar-refractivity contribution >= 4 is 23.8 Å². The number of ether oxygens (including phenoxy) is 2. The molecule has 0 saturated heterocycles. The molecule has 0 aliphatic heterocycles. The second kappa shape index (κ2) is 11.6. The van der Waals surface area contributed by atoms with Crippen molar-refractivity contribution in [2.24, 2.45) is 23.7 Å². The molecule has 0 heterocycles. The van der Waals surface area contributed by atoms with Crippen LogP contribution in [0, 0.1) is 23.7 Å². The lowest BCUT2D eigenvalue weighted by molar-refractivity contribution is -0.191. The molecule has 0 unspecified atom stereocenters. The fraction of sp³-hybridized carbons (Fsp3) is 0.241. The summed E-state index contributed by atoms with van der Waals surface area (Å²) < 4.78 is 10.5. The van der Waals surface area contributed by atoms with Gasteiger partial charge in [0.15, 0.2) is 0 Å². The van der Waals surface area contributed by atoms with E-state index in [4.69, 9.17) is 4.74 Å². The highest BCUT2D eigenvalue weighted by Gasteiger charge is 2.64. The summed E-state index contributed by atoms with van der Waals surface area (Å²) in [4.78, 5) is 51.5. The number of carbonyl (C=O) groups is 4. The van der Waals surface area contributed by atoms with Gasteiger partial charge >= 0.3 is 17.9 Å². The molecule has 38 heavy (non-hydrogen) atoms. The molecule has 0 bridgehead atoms. The van der Waals surface area contributed by atoms with Crippen LogP contribution in [0.15, 0.2) is 84.9 Å². The minimum Gasteiger partial charge on any atom is -0.481 e. The minimum absolute atomic E-state index is 0.0947. The summed E-state index contributed by atoms with van der Waals surface area (Å²) in [5.74, 6) is -9.06. The third-order valence-electron chi connectivity index (χ3n) is 6.68. The smallest absolute Gasteiger partial charge is 0.310 e. The fourth-order valence-electron chi connectivity index (χ4n) is 4.83. The minimum atomic E-state index is -1.50. The van der Waals surface area contributed by atoms with Crippen LogP contribution in [0.1, 0.15) is 11.1 Å². The second-order valence-electron chi connectivity index (χ2n) is 9.04. The summed E-state index contributed by atoms with van der Waals surface area (Å²) >= 11 is 0. The van der Waals surface area contributed by atoms with Crippen LogP contribution < -0.4 is 4.74 Å². The van der Waals surface area contributed by atoms with Crippen molar-refractivity contribution in [2.45, 2.75) is 13.1 Å². The molecular weight excluding hydrogens is 490 g/mol. The van der Waals surface area contributed by atoms with E-state index in [2.05, 4.69) is 4.74 Å². The van der Waals surface area contributed by atoms with Gasteiger partial charge in [-0.3, -0.25) is 19.2 Å². The van der Waals surface area contributed by atoms with Crippen LogP contribution in [0.5, 0.6) is 11.5 Å². The van der Waals surface area contributed by atoms with E-state index in [1.165, 1.54) is 4.90 Å². The van der Waals surface area contributed by atoms with Crippen LogP contribution in [0.2, 0.25) is 0 Å². The average Bonchev–Trinajstić information content (AvgIpc) is 2.89. The zero-order valence-corrected chi connectivity index (χ0v) is 20.6. The van der Waals surface area contributed by atoms with Crippen LogP contribution in [-0.4, -0.2) is 46.0 Å². The van der Waals surface area contributed by atoms with E-state index in [0.29, 0.717) is 11.5 Å². The Morgan fingerprint density at radius 1 is 0.658 bits per heavy atom. The maximum absolute atomic E-state index is 13.8. The monoisotopic (exact) mass is 517 g/mol. The van der Waals surface area contributed by atoms with E-state index >= 15 is 0 Å². The van der Waals surface area contributed by atoms with E-state index in [9.17, 15) is 29.4 Å². The largest absolute Gasteiger partial charge is 0.481 e. The zero-order valence-electron chi connectivity index (χ0n) is 20.6. The van der Waals surface area contributed by atoms with Crippen molar-refractivity contribution in [1.29, 1.82) is 0 Å². The van der Waals surface area contributed by atoms with E-state index in [0.717, 1.165) is 18.2 Å². The summed E-state index contributed by atoms with van der Waals surface area (Å²) in [5.41, 5.74) is 1.52. The molecular formula is C29H27NO8. The number of carbonyl (C=O) groups excluding carboxylic acids is 2. The Bertz CT molecular complexity index is 1270. The molecule has 0 radical (unpaired) electrons. The van der Waals surface area contributed by atoms with Gasteiger partial charge in [0, 0.05) is 13.1 Å². The fourth-order valence-corrected chi connectivity index (χ4v) is 4.83. The van der Waals surface area contributed by atoms with Crippen LogP contribution in [0.25, 0.3) is 0 Å². The van der Waals surface area contributed by atoms with Crippen LogP contribution in [-0.2, 0) is 37.0 Å². The van der Waals surface area contributed by atoms with E-state index in [1.54, 1.807) is 24.3 Å². The lowest BCUT2D eigenvalue weighted by atomic mass is 9.55. The van der Waals surface area contributed by atoms with Gasteiger partial charge in [0.2, 0.25) is 5.91 Å². The highest BCUT2D eigenvalue weighted by Crippen LogP contribution is 2.48. The first-order chi connectivity index (χ1) is 18.3. The Morgan fingerprint density at radius 2 is 1.13 bits per heavy atom. The molecule has 0 spiro atoms. The van der Waals surface area contributed by atoms with Crippen molar-refractivity contribution in [3.63, 3.8) is 0 Å². The molecule has 1 aliphatic carbocycles. The number of rotatable bonds is 10. The highest BCUT2D eigenvalue weighted by molar-refractivity contribution is 5.98. The molecule has 3 aromatic carbocycles. The number of carboxylic acid groups (broad SMARTS) is 2. The van der Waals surface area contributed by atoms with Crippen LogP contribution in [0.4, 0.5) is 0 Å². The van der Waals surface area contributed by atoms with Gasteiger partial charge in [-0.2, -0.15) is 0 Å². The summed E-state index contributed by atoms with van der Waals surface area (Å²) in [6.45, 7) is 0.220. The van der Waals surface area contributed by atoms with Gasteiger partial charge in [0.1, 0.15) is 11.5 Å². The molecule has 0 aromatic heterocycles. The number of hydrogen-bond donors (Lipinski definition) is 2. The van der Waals surface area contributed by atoms with Crippen molar-refractivity contribution in [1.82, 2.24) is 4.90 Å². The molecule has 3 aromatic rings. The van der Waals surface area contributed by atoms with Crippen molar-refractivity contribution in [2.75, 3.05) is 7.11 Å². The Labute approximate surface area is 219 Å². The molecule has 2 N–H and O–H groups in total. The molecule has 4 rings (SSSR count). The zero-order chi connectivity index (χ0) is 27.2. The Hall–Kier alpha value is -4.66. The summed E-state index contributed by atoms with van der Waals surface area (Å²) in [7, 11) is 1.06. The average molecular weight is 518 g/mol. The quantitative estimate of drug-likeness (QED) is 0.388. The van der Waals surface area contributed by atoms with Crippen molar-refractivity contribution in [3.8, 4) is 11.5 Å². The maximum Gasteiger partial charge on any atom is 0.310 e. The van der Waals surface area contributed by atoms with Gasteiger partial charge in [-0.25, -0.2) is 0 Å². The number of benzene rings is 3. The Morgan fingerprint density at radius 3 is 1.63 bits per heavy atom. The molecule has 196 valence electrons. The number of aliphatic carboxylic acids is 2. The third-order valence-corrected chi connectivity index (χ3v) is 6.68. The molecule has 9 nitrogen and oxygen atoms in total. The number of esters is 1. The van der Waals surface area contributed by atoms with Crippen molar-refractivity contribution in [3.05, 3.63) is 96.1 Å². The first kappa shape index (κ1) is 26.4. The van der Waals surface area contributed by atoms with E-state index < -0.39 is 47.5 Å². The van der Waals surface area contributed by atoms with E-state index in [1.807, 2.05) is 60.7 Å². The molecule has 1 amide bonds. The topological polar surface area (TPSA) is 130 Å². The lowest BCUT2D eigenvalue weighted by Gasteiger charge is -2.46. The number of methoxy groups -OCH3 is 1. The van der Waals surface area contributed by atoms with Gasteiger partial charge < -0.3 is 24.6 Å². The van der Waals surface area contributed by atoms with Crippen LogP contribution >= 0.6 is 0 Å². The summed E-state index contributed by atoms with van der Waals surface area (Å²) in [6.07, 6.45) is 0. The molecule has 1 saturated carbocycles. The van der Waals surface area contributed by atoms with Gasteiger partial charge in [-0.05, 0) is 35.4 Å². The second-order valence-corrected chi connectivity index (χ2v) is 9.04. The molecule has 9 heteroatoms. The van der Waals surface area contributed by atoms with Gasteiger partial charge in [0.05, 0.1) is 30.8 Å². The van der Waals surface area contributed by atoms with Gasteiger partial charge in [-0.15, -0.1) is 0 Å². The number of carboxylic acids is 2. The lowest BCUT2D eigenvalue weighted by Crippen LogP contribution is -2.62. The Kier molecular flexibility index (Phi) is 8.06. The molecule has 2 atom stereocenters. The highest BCUT2D eigenvalue weighted by atomic mass is 16.5. The summed E-state index contributed by atoms with van der Waals surface area (Å²) in [6, 6.07) is 25.4. The predicted molar refractivity (Wildman–Crippen MR) is 135 cm³/mol. The normalized spacial score (nSPS) is 20.0. The van der Waals surface area contributed by atoms with E-state index in [-0.39, 0.29) is 13.1 Å². The van der Waals surface area contributed by atoms with Gasteiger partial charge in [-0.1, -0.05) is 60.7 Å². The van der Waals surface area contributed by atoms with Crippen molar-refractivity contribution < 1.29 is 38.9 Å². The number of nitrogens with zero attached hydrogens (tertiary/aromatic N) is 1. The van der Waals surface area contributed by atoms with Gasteiger partial charge in [0.25, 0.3) is 0 Å². The summed E-state index contributed by atoms with van der Waals surface area (Å²) in [5, 5.41) is 19.6. The first-order valence-electron chi connectivity index (χ1n) is 12.0.